The van der Waals surface area contributed by atoms with Crippen molar-refractivity contribution in [3.8, 4) is 0 Å². The van der Waals surface area contributed by atoms with Crippen LogP contribution in [0.15, 0.2) is 30.4 Å². The Morgan fingerprint density at radius 1 is 1.25 bits per heavy atom. The molecule has 1 aromatic heterocycles. The third-order valence-electron chi connectivity index (χ3n) is 10.5. The average Bonchev–Trinajstić information content (AvgIpc) is 3.42. The van der Waals surface area contributed by atoms with Crippen molar-refractivity contribution in [2.45, 2.75) is 100 Å². The summed E-state index contributed by atoms with van der Waals surface area (Å²) < 4.78 is 23.7. The standard InChI is InChI=1S/C33H42NO10/c1-3-20-22(15-28(36)37)21(29(38)41-2)9-10-26(20)43-31-32(40)12-11-24-23-14-19(13-18-7-5-4-6-8-18)34-25(23)17-42-33(24,30(32)39)27(16-35)44-31/h3,9,14,17-18,20,22,26-27,30-31,35,39-40H,1,4-8,10-13,15-16H2,2H3,(H,36,37)/q-1/t20-,22+,26-,27-,30-,31-,32-,33-/m1/s1. The lowest BCUT2D eigenvalue weighted by Gasteiger charge is -2.60. The fourth-order valence-corrected chi connectivity index (χ4v) is 8.25. The molecule has 6 rings (SSSR count). The van der Waals surface area contributed by atoms with Gasteiger partial charge in [-0.3, -0.25) is 4.79 Å². The van der Waals surface area contributed by atoms with Crippen molar-refractivity contribution in [1.82, 2.24) is 4.98 Å². The van der Waals surface area contributed by atoms with Crippen molar-refractivity contribution in [3.63, 3.8) is 0 Å². The van der Waals surface area contributed by atoms with E-state index in [9.17, 15) is 30.0 Å². The normalized spacial score (nSPS) is 36.6. The van der Waals surface area contributed by atoms with Crippen LogP contribution in [0.4, 0.5) is 0 Å². The fraction of sp³-hybridized carbons (Fsp3) is 0.636. The predicted molar refractivity (Wildman–Crippen MR) is 156 cm³/mol. The minimum atomic E-state index is -1.91. The first-order valence-corrected chi connectivity index (χ1v) is 15.7. The van der Waals surface area contributed by atoms with E-state index in [1.54, 1.807) is 6.08 Å². The number of carbonyl (C=O) groups is 2. The van der Waals surface area contributed by atoms with E-state index in [1.807, 2.05) is 0 Å². The molecule has 3 heterocycles. The quantitative estimate of drug-likeness (QED) is 0.230. The summed E-state index contributed by atoms with van der Waals surface area (Å²) in [6, 6.07) is 2.05. The van der Waals surface area contributed by atoms with Crippen LogP contribution in [0.2, 0.25) is 0 Å². The van der Waals surface area contributed by atoms with E-state index >= 15 is 0 Å². The Balaban J connectivity index is 1.30. The maximum Gasteiger partial charge on any atom is 0.333 e. The van der Waals surface area contributed by atoms with Gasteiger partial charge in [0.05, 0.1) is 32.5 Å². The number of carboxylic acids is 1. The monoisotopic (exact) mass is 612 g/mol. The molecule has 3 aliphatic carbocycles. The summed E-state index contributed by atoms with van der Waals surface area (Å²) in [6.07, 6.45) is 7.18. The number of hydrogen-bond donors (Lipinski definition) is 4. The van der Waals surface area contributed by atoms with E-state index in [1.165, 1.54) is 51.6 Å². The number of aliphatic hydroxyl groups excluding tert-OH is 2. The molecule has 44 heavy (non-hydrogen) atoms. The number of methoxy groups -OCH3 is 1. The van der Waals surface area contributed by atoms with Gasteiger partial charge in [-0.05, 0) is 42.4 Å². The average molecular weight is 613 g/mol. The van der Waals surface area contributed by atoms with Gasteiger partial charge in [0.1, 0.15) is 17.8 Å². The summed E-state index contributed by atoms with van der Waals surface area (Å²) in [6.45, 7) is 3.34. The van der Waals surface area contributed by atoms with Gasteiger partial charge in [0.2, 0.25) is 0 Å². The Morgan fingerprint density at radius 3 is 2.70 bits per heavy atom. The van der Waals surface area contributed by atoms with Crippen LogP contribution in [0.1, 0.15) is 63.5 Å². The van der Waals surface area contributed by atoms with Crippen molar-refractivity contribution in [2.75, 3.05) is 13.7 Å². The molecule has 240 valence electrons. The van der Waals surface area contributed by atoms with E-state index in [0.29, 0.717) is 17.7 Å². The van der Waals surface area contributed by atoms with Gasteiger partial charge in [-0.25, -0.2) is 4.79 Å². The zero-order chi connectivity index (χ0) is 31.2. The number of esters is 1. The van der Waals surface area contributed by atoms with Crippen LogP contribution in [-0.4, -0.2) is 81.9 Å². The Bertz CT molecular complexity index is 1440. The van der Waals surface area contributed by atoms with E-state index < -0.39 is 66.2 Å². The van der Waals surface area contributed by atoms with Crippen molar-refractivity contribution < 1.29 is 49.0 Å². The molecule has 0 radical (unpaired) electrons. The molecular formula is C33H42NO10-. The molecule has 1 spiro atoms. The molecule has 0 unspecified atom stereocenters. The number of ether oxygens (including phenoxy) is 4. The summed E-state index contributed by atoms with van der Waals surface area (Å²) >= 11 is 0. The first-order chi connectivity index (χ1) is 21.2. The second-order valence-corrected chi connectivity index (χ2v) is 12.9. The van der Waals surface area contributed by atoms with Crippen LogP contribution in [-0.2, 0) is 35.0 Å². The van der Waals surface area contributed by atoms with Crippen LogP contribution in [0.5, 0.6) is 0 Å². The van der Waals surface area contributed by atoms with Gasteiger partial charge in [0.15, 0.2) is 11.9 Å². The van der Waals surface area contributed by atoms with Crippen LogP contribution in [0.25, 0.3) is 11.8 Å². The highest BCUT2D eigenvalue weighted by Crippen LogP contribution is 2.53. The van der Waals surface area contributed by atoms with Crippen molar-refractivity contribution in [3.05, 3.63) is 46.6 Å². The molecule has 2 aliphatic heterocycles. The highest BCUT2D eigenvalue weighted by molar-refractivity contribution is 5.90. The summed E-state index contributed by atoms with van der Waals surface area (Å²) in [5.41, 5.74) is -1.52. The molecule has 4 N–H and O–H groups in total. The van der Waals surface area contributed by atoms with E-state index in [0.717, 1.165) is 22.9 Å². The zero-order valence-corrected chi connectivity index (χ0v) is 25.0. The Morgan fingerprint density at radius 2 is 2.02 bits per heavy atom. The molecular weight excluding hydrogens is 570 g/mol. The highest BCUT2D eigenvalue weighted by Gasteiger charge is 2.69. The van der Waals surface area contributed by atoms with Gasteiger partial charge >= 0.3 is 11.9 Å². The third-order valence-corrected chi connectivity index (χ3v) is 10.5. The Kier molecular flexibility index (Phi) is 8.53. The minimum Gasteiger partial charge on any atom is -0.658 e. The molecule has 0 aromatic carbocycles. The second kappa shape index (κ2) is 12.1. The van der Waals surface area contributed by atoms with Gasteiger partial charge in [-0.1, -0.05) is 55.7 Å². The van der Waals surface area contributed by atoms with Crippen LogP contribution in [0, 0.1) is 17.8 Å². The number of aliphatic hydroxyl groups is 3. The second-order valence-electron chi connectivity index (χ2n) is 12.9. The number of aromatic nitrogens is 1. The van der Waals surface area contributed by atoms with Gasteiger partial charge in [-0.2, -0.15) is 5.69 Å². The smallest absolute Gasteiger partial charge is 0.333 e. The van der Waals surface area contributed by atoms with Gasteiger partial charge in [0.25, 0.3) is 0 Å². The number of carboxylic acid groups (broad SMARTS) is 1. The maximum atomic E-state index is 12.4. The summed E-state index contributed by atoms with van der Waals surface area (Å²) in [5, 5.41) is 45.6. The number of rotatable bonds is 9. The molecule has 2 saturated carbocycles. The number of carbonyl (C=O) groups excluding carboxylic acids is 1. The highest BCUT2D eigenvalue weighted by atomic mass is 16.7. The fourth-order valence-electron chi connectivity index (χ4n) is 8.25. The zero-order valence-electron chi connectivity index (χ0n) is 25.0. The Labute approximate surface area is 255 Å². The predicted octanol–water partition coefficient (Wildman–Crippen LogP) is 0.809. The number of aliphatic carboxylic acids is 1. The van der Waals surface area contributed by atoms with Gasteiger partial charge in [0, 0.05) is 17.4 Å². The first kappa shape index (κ1) is 31.0. The molecule has 5 aliphatic rings. The van der Waals surface area contributed by atoms with Crippen molar-refractivity contribution in [2.24, 2.45) is 17.8 Å². The summed E-state index contributed by atoms with van der Waals surface area (Å²) in [5.74, 6) is -2.56. The first-order valence-electron chi connectivity index (χ1n) is 15.7. The number of nitrogens with zero attached hydrogens (tertiary/aromatic N) is 1. The SMILES string of the molecule is C=C[C@@H]1[C@H](CC(=O)O)C(C(=O)OC)=CC[C@H]1O[C@@H]1O[C@H](CO)[C@]23OC=c4[n-]c(CC5CCCCC5)cc4=C2CC[C@@]1(O)[C@H]3O. The van der Waals surface area contributed by atoms with Crippen LogP contribution in [0.3, 0.4) is 0 Å². The number of fused-ring (bicyclic) bond motifs is 2. The van der Waals surface area contributed by atoms with Gasteiger partial charge in [-0.15, -0.1) is 6.58 Å². The molecule has 8 atom stereocenters. The summed E-state index contributed by atoms with van der Waals surface area (Å²) in [4.78, 5) is 29.0. The lowest BCUT2D eigenvalue weighted by atomic mass is 9.63. The van der Waals surface area contributed by atoms with Crippen LogP contribution < -0.4 is 15.6 Å². The van der Waals surface area contributed by atoms with Crippen molar-refractivity contribution >= 4 is 23.8 Å². The molecule has 11 nitrogen and oxygen atoms in total. The third kappa shape index (κ3) is 5.02. The van der Waals surface area contributed by atoms with Crippen molar-refractivity contribution in [1.29, 1.82) is 0 Å². The van der Waals surface area contributed by atoms with E-state index in [-0.39, 0.29) is 24.8 Å². The van der Waals surface area contributed by atoms with E-state index in [4.69, 9.17) is 23.9 Å². The summed E-state index contributed by atoms with van der Waals surface area (Å²) in [7, 11) is 1.23. The molecule has 1 aromatic rings. The molecule has 3 fully saturated rings. The van der Waals surface area contributed by atoms with Crippen LogP contribution >= 0.6 is 0 Å². The lowest BCUT2D eigenvalue weighted by molar-refractivity contribution is -0.371. The molecule has 1 saturated heterocycles. The lowest BCUT2D eigenvalue weighted by Crippen LogP contribution is -2.77. The Hall–Kier alpha value is -2.96. The molecule has 2 bridgehead atoms. The topological polar surface area (TPSA) is 166 Å². The molecule has 0 amide bonds. The van der Waals surface area contributed by atoms with Gasteiger partial charge < -0.3 is 44.4 Å². The number of hydrogen-bond acceptors (Lipinski definition) is 9. The largest absolute Gasteiger partial charge is 0.658 e. The van der Waals surface area contributed by atoms with E-state index in [2.05, 4.69) is 12.6 Å². The minimum absolute atomic E-state index is 0.0906. The maximum absolute atomic E-state index is 12.4. The molecule has 11 heteroatoms.